The van der Waals surface area contributed by atoms with Gasteiger partial charge in [0.25, 0.3) is 5.91 Å². The number of alkyl halides is 3. The molecule has 3 aromatic heterocycles. The van der Waals surface area contributed by atoms with E-state index in [1.54, 1.807) is 18.5 Å². The number of hydrogen-bond acceptors (Lipinski definition) is 9. The van der Waals surface area contributed by atoms with Gasteiger partial charge in [-0.05, 0) is 30.2 Å². The number of hydrogen-bond donors (Lipinski definition) is 2. The molecule has 0 radical (unpaired) electrons. The molecule has 1 saturated heterocycles. The zero-order valence-corrected chi connectivity index (χ0v) is 26.1. The number of piperidine rings is 1. The highest BCUT2D eigenvalue weighted by Crippen LogP contribution is 2.32. The molecule has 0 aliphatic carbocycles. The fraction of sp³-hybridized carbons (Fsp3) is 0.438. The van der Waals surface area contributed by atoms with E-state index in [2.05, 4.69) is 49.4 Å². The molecule has 244 valence electrons. The number of aromatic nitrogens is 5. The Hall–Kier alpha value is -4.46. The Morgan fingerprint density at radius 2 is 1.78 bits per heavy atom. The molecule has 1 fully saturated rings. The number of anilines is 2. The largest absolute Gasteiger partial charge is 0.401 e. The summed E-state index contributed by atoms with van der Waals surface area (Å²) < 4.78 is 52.7. The summed E-state index contributed by atoms with van der Waals surface area (Å²) in [6, 6.07) is 7.33. The number of carbonyl (C=O) groups is 1. The predicted octanol–water partition coefficient (Wildman–Crippen LogP) is 5.30. The molecule has 1 unspecified atom stereocenters. The van der Waals surface area contributed by atoms with Gasteiger partial charge in [-0.2, -0.15) is 13.2 Å². The lowest BCUT2D eigenvalue weighted by atomic mass is 9.87. The van der Waals surface area contributed by atoms with Crippen molar-refractivity contribution in [3.63, 3.8) is 0 Å². The number of nitrogens with one attached hydrogen (secondary N) is 2. The van der Waals surface area contributed by atoms with Gasteiger partial charge in [0.2, 0.25) is 5.95 Å². The minimum absolute atomic E-state index is 0.0165. The average molecular weight is 640 g/mol. The second kappa shape index (κ2) is 13.9. The lowest BCUT2D eigenvalue weighted by Crippen LogP contribution is -2.46. The molecule has 4 aromatic rings. The zero-order chi connectivity index (χ0) is 33.0. The summed E-state index contributed by atoms with van der Waals surface area (Å²) >= 11 is 0. The normalized spacial score (nSPS) is 15.8. The maximum Gasteiger partial charge on any atom is 0.401 e. The van der Waals surface area contributed by atoms with E-state index < -0.39 is 24.4 Å². The highest BCUT2D eigenvalue weighted by molar-refractivity contribution is 6.06. The van der Waals surface area contributed by atoms with Crippen LogP contribution in [0.2, 0.25) is 0 Å². The third kappa shape index (κ3) is 7.49. The molecule has 46 heavy (non-hydrogen) atoms. The Kier molecular flexibility index (Phi) is 9.94. The van der Waals surface area contributed by atoms with Crippen LogP contribution in [0, 0.1) is 11.7 Å². The van der Waals surface area contributed by atoms with E-state index in [-0.39, 0.29) is 23.4 Å². The highest BCUT2D eigenvalue weighted by atomic mass is 19.4. The number of para-hydroxylation sites is 1. The number of rotatable bonds is 10. The Balaban J connectivity index is 1.21. The highest BCUT2D eigenvalue weighted by Gasteiger charge is 2.33. The summed E-state index contributed by atoms with van der Waals surface area (Å²) in [6.07, 6.45) is 2.92. The lowest BCUT2D eigenvalue weighted by Gasteiger charge is -2.36. The van der Waals surface area contributed by atoms with Crippen molar-refractivity contribution >= 4 is 28.6 Å². The minimum Gasteiger partial charge on any atom is -0.370 e. The quantitative estimate of drug-likeness (QED) is 0.224. The fourth-order valence-corrected chi connectivity index (χ4v) is 5.82. The van der Waals surface area contributed by atoms with Crippen molar-refractivity contribution in [1.82, 2.24) is 35.1 Å². The van der Waals surface area contributed by atoms with Crippen LogP contribution in [0.4, 0.5) is 29.3 Å². The molecule has 2 atom stereocenters. The average Bonchev–Trinajstić information content (AvgIpc) is 3.05. The second-order valence-electron chi connectivity index (χ2n) is 11.7. The van der Waals surface area contributed by atoms with Crippen molar-refractivity contribution in [2.45, 2.75) is 44.8 Å². The third-order valence-corrected chi connectivity index (χ3v) is 8.71. The summed E-state index contributed by atoms with van der Waals surface area (Å²) in [5, 5.41) is 6.34. The van der Waals surface area contributed by atoms with Crippen LogP contribution in [0.3, 0.4) is 0 Å². The zero-order valence-electron chi connectivity index (χ0n) is 26.1. The smallest absolute Gasteiger partial charge is 0.370 e. The second-order valence-corrected chi connectivity index (χ2v) is 11.7. The topological polar surface area (TPSA) is 112 Å². The summed E-state index contributed by atoms with van der Waals surface area (Å²) in [6.45, 7) is 4.59. The van der Waals surface area contributed by atoms with Gasteiger partial charge in [0, 0.05) is 69.2 Å². The van der Waals surface area contributed by atoms with E-state index in [0.717, 1.165) is 11.8 Å². The number of halogens is 4. The molecule has 14 heteroatoms. The first-order chi connectivity index (χ1) is 21.9. The first-order valence-corrected chi connectivity index (χ1v) is 15.1. The molecular weight excluding hydrogens is 602 g/mol. The van der Waals surface area contributed by atoms with Gasteiger partial charge in [0.05, 0.1) is 29.5 Å². The van der Waals surface area contributed by atoms with E-state index in [0.29, 0.717) is 66.4 Å². The van der Waals surface area contributed by atoms with Gasteiger partial charge in [0.1, 0.15) is 12.1 Å². The molecule has 0 saturated carbocycles. The lowest BCUT2D eigenvalue weighted by molar-refractivity contribution is -0.147. The number of amides is 1. The SMILES string of the molecule is CNC(=O)c1c(F)cnc2c(C(C)[C@H](C)CNc3cc(-c4cnc(N(C)C5CCN(CC(F)(F)F)CC5)nc4)ncn3)cccc12. The van der Waals surface area contributed by atoms with Crippen molar-refractivity contribution in [3.05, 3.63) is 66.1 Å². The molecular formula is C32H37F4N9O. The van der Waals surface area contributed by atoms with E-state index in [1.165, 1.54) is 18.3 Å². The van der Waals surface area contributed by atoms with Gasteiger partial charge in [-0.3, -0.25) is 14.7 Å². The number of fused-ring (bicyclic) bond motifs is 1. The van der Waals surface area contributed by atoms with Crippen LogP contribution in [-0.4, -0.2) is 88.2 Å². The number of nitrogens with zero attached hydrogens (tertiary/aromatic N) is 7. The van der Waals surface area contributed by atoms with Crippen LogP contribution < -0.4 is 15.5 Å². The van der Waals surface area contributed by atoms with Crippen LogP contribution >= 0.6 is 0 Å². The van der Waals surface area contributed by atoms with Crippen molar-refractivity contribution in [3.8, 4) is 11.3 Å². The van der Waals surface area contributed by atoms with Gasteiger partial charge >= 0.3 is 6.18 Å². The first kappa shape index (κ1) is 32.9. The molecule has 1 aliphatic rings. The summed E-state index contributed by atoms with van der Waals surface area (Å²) in [5.41, 5.74) is 2.82. The monoisotopic (exact) mass is 639 g/mol. The maximum absolute atomic E-state index is 14.5. The van der Waals surface area contributed by atoms with E-state index in [1.807, 2.05) is 30.1 Å². The Labute approximate surface area is 264 Å². The number of pyridine rings is 1. The maximum atomic E-state index is 14.5. The number of benzene rings is 1. The molecule has 10 nitrogen and oxygen atoms in total. The van der Waals surface area contributed by atoms with E-state index in [9.17, 15) is 22.4 Å². The van der Waals surface area contributed by atoms with Crippen molar-refractivity contribution < 1.29 is 22.4 Å². The van der Waals surface area contributed by atoms with Gasteiger partial charge in [-0.15, -0.1) is 0 Å². The van der Waals surface area contributed by atoms with Gasteiger partial charge in [-0.1, -0.05) is 32.0 Å². The molecule has 1 aliphatic heterocycles. The molecule has 5 rings (SSSR count). The molecule has 0 bridgehead atoms. The molecule has 4 heterocycles. The Morgan fingerprint density at radius 1 is 1.07 bits per heavy atom. The first-order valence-electron chi connectivity index (χ1n) is 15.1. The van der Waals surface area contributed by atoms with Crippen molar-refractivity contribution in [2.24, 2.45) is 5.92 Å². The summed E-state index contributed by atoms with van der Waals surface area (Å²) in [4.78, 5) is 37.8. The molecule has 0 spiro atoms. The number of likely N-dealkylation sites (tertiary alicyclic amines) is 1. The standard InChI is InChI=1S/C32H37F4N9O/c1-19(20(2)23-6-5-7-24-28(30(46)37-3)25(33)16-39-29(23)24)13-38-27-12-26(42-18-43-27)21-14-40-31(41-15-21)44(4)22-8-10-45(11-9-22)17-32(34,35)36/h5-7,12,14-16,18-20,22H,8-11,13,17H2,1-4H3,(H,37,46)(H,38,42,43)/t19-,20?/m1/s1. The predicted molar refractivity (Wildman–Crippen MR) is 168 cm³/mol. The van der Waals surface area contributed by atoms with Crippen LogP contribution in [0.15, 0.2) is 49.2 Å². The van der Waals surface area contributed by atoms with E-state index >= 15 is 0 Å². The van der Waals surface area contributed by atoms with Crippen LogP contribution in [0.25, 0.3) is 22.2 Å². The number of carbonyl (C=O) groups excluding carboxylic acids is 1. The van der Waals surface area contributed by atoms with Crippen molar-refractivity contribution in [1.29, 1.82) is 0 Å². The van der Waals surface area contributed by atoms with Gasteiger partial charge in [0.15, 0.2) is 5.82 Å². The van der Waals surface area contributed by atoms with Crippen LogP contribution in [0.1, 0.15) is 48.5 Å². The summed E-state index contributed by atoms with van der Waals surface area (Å²) in [7, 11) is 3.33. The fourth-order valence-electron chi connectivity index (χ4n) is 5.82. The minimum atomic E-state index is -4.19. The molecule has 1 aromatic carbocycles. The van der Waals surface area contributed by atoms with Crippen molar-refractivity contribution in [2.75, 3.05) is 50.5 Å². The third-order valence-electron chi connectivity index (χ3n) is 8.71. The van der Waals surface area contributed by atoms with Gasteiger partial charge in [-0.25, -0.2) is 24.3 Å². The summed E-state index contributed by atoms with van der Waals surface area (Å²) in [5.74, 6) is 0.0825. The molecule has 2 N–H and O–H groups in total. The Bertz CT molecular complexity index is 1660. The van der Waals surface area contributed by atoms with Gasteiger partial charge < -0.3 is 15.5 Å². The Morgan fingerprint density at radius 3 is 2.46 bits per heavy atom. The van der Waals surface area contributed by atoms with Crippen LogP contribution in [0.5, 0.6) is 0 Å². The van der Waals surface area contributed by atoms with Crippen LogP contribution in [-0.2, 0) is 0 Å². The van der Waals surface area contributed by atoms with E-state index in [4.69, 9.17) is 0 Å². The molecule has 1 amide bonds.